The molecule has 0 bridgehead atoms. The largest absolute Gasteiger partial charge is 0.469 e. The van der Waals surface area contributed by atoms with Crippen LogP contribution in [0.3, 0.4) is 0 Å². The molecule has 0 aliphatic carbocycles. The van der Waals surface area contributed by atoms with Gasteiger partial charge in [0.25, 0.3) is 0 Å². The van der Waals surface area contributed by atoms with E-state index in [4.69, 9.17) is 9.79 Å². The number of aliphatic hydroxyl groups is 1. The quantitative estimate of drug-likeness (QED) is 0.0289. The Morgan fingerprint density at radius 3 is 1.33 bits per heavy atom. The summed E-state index contributed by atoms with van der Waals surface area (Å²) in [5.74, 6) is -0.194. The van der Waals surface area contributed by atoms with E-state index in [0.717, 1.165) is 38.5 Å². The van der Waals surface area contributed by atoms with Crippen LogP contribution in [0.15, 0.2) is 12.2 Å². The van der Waals surface area contributed by atoms with Gasteiger partial charge in [-0.05, 0) is 38.5 Å². The first kappa shape index (κ1) is 47.3. The Labute approximate surface area is 297 Å². The van der Waals surface area contributed by atoms with Crippen LogP contribution in [0.4, 0.5) is 0 Å². The molecule has 286 valence electrons. The summed E-state index contributed by atoms with van der Waals surface area (Å²) in [4.78, 5) is 30.8. The van der Waals surface area contributed by atoms with E-state index >= 15 is 0 Å². The maximum absolute atomic E-state index is 12.5. The van der Waals surface area contributed by atoms with E-state index in [0.29, 0.717) is 12.8 Å². The smallest absolute Gasteiger partial charge is 0.391 e. The van der Waals surface area contributed by atoms with Crippen molar-refractivity contribution >= 4 is 13.7 Å². The molecule has 0 aromatic carbocycles. The molecule has 0 rings (SSSR count). The predicted octanol–water partition coefficient (Wildman–Crippen LogP) is 12.0. The molecule has 0 fully saturated rings. The van der Waals surface area contributed by atoms with Gasteiger partial charge < -0.3 is 20.2 Å². The number of nitrogens with one attached hydrogen (secondary N) is 1. The SMILES string of the molecule is CCCCCCCC/C=C/CCCCCCCCCCCCCCCC(=O)N[C@@H](COP(=O)(O)O)[C@H](O)CCCCCCCCCCC. The third kappa shape index (κ3) is 36.6. The summed E-state index contributed by atoms with van der Waals surface area (Å²) in [5, 5.41) is 13.4. The molecule has 4 N–H and O–H groups in total. The number of carbonyl (C=O) groups excluding carboxylic acids is 1. The first-order valence-corrected chi connectivity index (χ1v) is 22.2. The second-order valence-electron chi connectivity index (χ2n) is 14.3. The minimum absolute atomic E-state index is 0.194. The highest BCUT2D eigenvalue weighted by Gasteiger charge is 2.25. The molecule has 0 radical (unpaired) electrons. The van der Waals surface area contributed by atoms with E-state index in [1.165, 1.54) is 154 Å². The van der Waals surface area contributed by atoms with Crippen LogP contribution in [0.25, 0.3) is 0 Å². The number of aliphatic hydroxyl groups excluding tert-OH is 1. The molecule has 48 heavy (non-hydrogen) atoms. The molecule has 0 saturated carbocycles. The number of unbranched alkanes of at least 4 members (excludes halogenated alkanes) is 27. The topological polar surface area (TPSA) is 116 Å². The van der Waals surface area contributed by atoms with Gasteiger partial charge in [0.1, 0.15) is 0 Å². The van der Waals surface area contributed by atoms with E-state index in [1.54, 1.807) is 0 Å². The van der Waals surface area contributed by atoms with Crippen molar-refractivity contribution in [3.63, 3.8) is 0 Å². The molecule has 8 heteroatoms. The minimum Gasteiger partial charge on any atom is -0.391 e. The molecule has 1 amide bonds. The zero-order valence-corrected chi connectivity index (χ0v) is 32.6. The molecule has 0 aromatic heterocycles. The summed E-state index contributed by atoms with van der Waals surface area (Å²) in [6, 6.07) is -0.819. The number of hydrogen-bond donors (Lipinski definition) is 4. The van der Waals surface area contributed by atoms with Gasteiger partial charge in [0.15, 0.2) is 0 Å². The van der Waals surface area contributed by atoms with Gasteiger partial charge in [-0.3, -0.25) is 9.32 Å². The van der Waals surface area contributed by atoms with Gasteiger partial charge in [0, 0.05) is 6.42 Å². The lowest BCUT2D eigenvalue weighted by Crippen LogP contribution is -2.46. The molecular weight excluding hydrogens is 621 g/mol. The van der Waals surface area contributed by atoms with Crippen molar-refractivity contribution in [2.45, 2.75) is 231 Å². The number of rotatable bonds is 38. The summed E-state index contributed by atoms with van der Waals surface area (Å²) >= 11 is 0. The molecule has 0 heterocycles. The van der Waals surface area contributed by atoms with Crippen molar-refractivity contribution in [1.82, 2.24) is 5.32 Å². The lowest BCUT2D eigenvalue weighted by Gasteiger charge is -2.24. The fourth-order valence-electron chi connectivity index (χ4n) is 6.34. The average Bonchev–Trinajstić information content (AvgIpc) is 3.05. The number of hydrogen-bond acceptors (Lipinski definition) is 4. The molecule has 2 atom stereocenters. The van der Waals surface area contributed by atoms with Gasteiger partial charge in [0.05, 0.1) is 18.8 Å². The lowest BCUT2D eigenvalue weighted by molar-refractivity contribution is -0.123. The molecule has 0 saturated heterocycles. The van der Waals surface area contributed by atoms with Gasteiger partial charge in [0.2, 0.25) is 5.91 Å². The van der Waals surface area contributed by atoms with Crippen molar-refractivity contribution in [3.8, 4) is 0 Å². The number of phosphoric ester groups is 1. The Kier molecular flexibility index (Phi) is 35.5. The highest BCUT2D eigenvalue weighted by Crippen LogP contribution is 2.36. The second kappa shape index (κ2) is 36.1. The van der Waals surface area contributed by atoms with Gasteiger partial charge in [-0.1, -0.05) is 187 Å². The van der Waals surface area contributed by atoms with Gasteiger partial charge in [-0.2, -0.15) is 0 Å². The highest BCUT2D eigenvalue weighted by atomic mass is 31.2. The fourth-order valence-corrected chi connectivity index (χ4v) is 6.70. The van der Waals surface area contributed by atoms with E-state index in [9.17, 15) is 14.5 Å². The Balaban J connectivity index is 3.77. The van der Waals surface area contributed by atoms with Gasteiger partial charge in [-0.15, -0.1) is 0 Å². The van der Waals surface area contributed by atoms with Crippen molar-refractivity contribution in [1.29, 1.82) is 0 Å². The zero-order chi connectivity index (χ0) is 35.4. The molecule has 0 aromatic rings. The first-order valence-electron chi connectivity index (χ1n) is 20.6. The normalized spacial score (nSPS) is 13.4. The molecule has 0 aliphatic heterocycles. The van der Waals surface area contributed by atoms with Crippen molar-refractivity contribution in [2.24, 2.45) is 0 Å². The van der Waals surface area contributed by atoms with Crippen molar-refractivity contribution in [3.05, 3.63) is 12.2 Å². The first-order chi connectivity index (χ1) is 23.3. The van der Waals surface area contributed by atoms with Crippen LogP contribution in [0.1, 0.15) is 219 Å². The summed E-state index contributed by atoms with van der Waals surface area (Å²) in [7, 11) is -4.68. The Bertz CT molecular complexity index is 758. The van der Waals surface area contributed by atoms with E-state index < -0.39 is 26.6 Å². The van der Waals surface area contributed by atoms with Crippen molar-refractivity contribution < 1.29 is 28.8 Å². The van der Waals surface area contributed by atoms with Crippen molar-refractivity contribution in [2.75, 3.05) is 6.61 Å². The van der Waals surface area contributed by atoms with E-state index in [-0.39, 0.29) is 5.91 Å². The van der Waals surface area contributed by atoms with Crippen LogP contribution < -0.4 is 5.32 Å². The number of phosphoric acid groups is 1. The Morgan fingerprint density at radius 1 is 0.583 bits per heavy atom. The molecular formula is C40H80NO6P. The lowest BCUT2D eigenvalue weighted by atomic mass is 10.0. The van der Waals surface area contributed by atoms with Crippen LogP contribution in [0.5, 0.6) is 0 Å². The second-order valence-corrected chi connectivity index (χ2v) is 15.5. The molecule has 0 spiro atoms. The highest BCUT2D eigenvalue weighted by molar-refractivity contribution is 7.46. The van der Waals surface area contributed by atoms with Crippen LogP contribution in [0.2, 0.25) is 0 Å². The maximum Gasteiger partial charge on any atom is 0.469 e. The maximum atomic E-state index is 12.5. The fraction of sp³-hybridized carbons (Fsp3) is 0.925. The molecule has 0 aliphatic rings. The van der Waals surface area contributed by atoms with Gasteiger partial charge >= 0.3 is 7.82 Å². The summed E-state index contributed by atoms with van der Waals surface area (Å²) < 4.78 is 15.9. The number of carbonyl (C=O) groups is 1. The Morgan fingerprint density at radius 2 is 0.938 bits per heavy atom. The summed E-state index contributed by atoms with van der Waals surface area (Å²) in [6.07, 6.45) is 42.1. The van der Waals surface area contributed by atoms with Crippen LogP contribution in [-0.2, 0) is 13.9 Å². The van der Waals surface area contributed by atoms with Gasteiger partial charge in [-0.25, -0.2) is 4.57 Å². The van der Waals surface area contributed by atoms with Crippen LogP contribution >= 0.6 is 7.82 Å². The molecule has 7 nitrogen and oxygen atoms in total. The summed E-state index contributed by atoms with van der Waals surface area (Å²) in [5.41, 5.74) is 0. The standard InChI is InChI=1S/C40H80NO6P/c1-3-5-7-9-11-13-14-15-16-17-18-19-20-21-22-23-24-25-26-28-30-32-34-36-40(43)41-38(37-47-48(44,45)46)39(42)35-33-31-29-27-12-10-8-6-4-2/h15-16,38-39,42H,3-14,17-37H2,1-2H3,(H,41,43)(H2,44,45,46)/b16-15+/t38-,39+/m0/s1. The predicted molar refractivity (Wildman–Crippen MR) is 204 cm³/mol. The third-order valence-corrected chi connectivity index (χ3v) is 9.99. The monoisotopic (exact) mass is 702 g/mol. The number of allylic oxidation sites excluding steroid dienone is 2. The summed E-state index contributed by atoms with van der Waals surface area (Å²) in [6.45, 7) is 4.09. The number of amides is 1. The van der Waals surface area contributed by atoms with E-state index in [1.807, 2.05) is 0 Å². The van der Waals surface area contributed by atoms with Crippen LogP contribution in [0, 0.1) is 0 Å². The zero-order valence-electron chi connectivity index (χ0n) is 31.7. The average molecular weight is 702 g/mol. The molecule has 0 unspecified atom stereocenters. The minimum atomic E-state index is -4.68. The van der Waals surface area contributed by atoms with E-state index in [2.05, 4.69) is 35.8 Å². The van der Waals surface area contributed by atoms with Crippen LogP contribution in [-0.4, -0.2) is 39.6 Å². The third-order valence-electron chi connectivity index (χ3n) is 9.50. The Hall–Kier alpha value is -0.720.